The van der Waals surface area contributed by atoms with Crippen LogP contribution < -0.4 is 5.56 Å². The molecular weight excluding hydrogens is 516 g/mol. The summed E-state index contributed by atoms with van der Waals surface area (Å²) < 4.78 is 5.53. The molecule has 1 N–H and O–H groups in total. The first-order chi connectivity index (χ1) is 18.9. The highest BCUT2D eigenvalue weighted by Crippen LogP contribution is 2.32. The van der Waals surface area contributed by atoms with Crippen molar-refractivity contribution in [2.24, 2.45) is 0 Å². The van der Waals surface area contributed by atoms with Crippen LogP contribution in [0.25, 0.3) is 11.4 Å². The Kier molecular flexibility index (Phi) is 8.31. The molecule has 8 nitrogen and oxygen atoms in total. The number of aromatic nitrogens is 2. The zero-order chi connectivity index (χ0) is 27.4. The monoisotopic (exact) mass is 548 g/mol. The summed E-state index contributed by atoms with van der Waals surface area (Å²) in [6, 6.07) is 16.1. The van der Waals surface area contributed by atoms with Crippen molar-refractivity contribution in [1.82, 2.24) is 19.8 Å². The highest BCUT2D eigenvalue weighted by Gasteiger charge is 2.40. The number of aromatic amines is 1. The second kappa shape index (κ2) is 12.0. The third-order valence-electron chi connectivity index (χ3n) is 7.54. The van der Waals surface area contributed by atoms with Crippen molar-refractivity contribution in [3.8, 4) is 11.4 Å². The van der Waals surface area contributed by atoms with Gasteiger partial charge in [-0.15, -0.1) is 0 Å². The molecule has 0 aliphatic carbocycles. The fraction of sp³-hybridized carbons (Fsp3) is 0.400. The number of ether oxygens (including phenoxy) is 1. The van der Waals surface area contributed by atoms with Crippen LogP contribution in [0.2, 0.25) is 5.02 Å². The third kappa shape index (κ3) is 6.01. The molecule has 204 valence electrons. The fourth-order valence-electron chi connectivity index (χ4n) is 5.46. The lowest BCUT2D eigenvalue weighted by atomic mass is 9.90. The first-order valence-electron chi connectivity index (χ1n) is 13.6. The Labute approximate surface area is 233 Å². The molecule has 9 heteroatoms. The van der Waals surface area contributed by atoms with Crippen LogP contribution in [-0.2, 0) is 22.7 Å². The SMILES string of the molecule is CCCCC1CN(C(=O)[C@@H]2CCCN2C(=O)OCc2ccccc2)Cc2c1nc(-c1ccc(Cl)cc1)[nH]c2=O. The van der Waals surface area contributed by atoms with E-state index in [1.54, 1.807) is 17.0 Å². The number of likely N-dealkylation sites (tertiary alicyclic amines) is 1. The lowest BCUT2D eigenvalue weighted by Crippen LogP contribution is -2.50. The van der Waals surface area contributed by atoms with Crippen LogP contribution in [-0.4, -0.2) is 50.9 Å². The number of carbonyl (C=O) groups excluding carboxylic acids is 2. The minimum Gasteiger partial charge on any atom is -0.445 e. The van der Waals surface area contributed by atoms with Gasteiger partial charge in [-0.05, 0) is 49.1 Å². The molecule has 1 saturated heterocycles. The minimum absolute atomic E-state index is 0.0640. The third-order valence-corrected chi connectivity index (χ3v) is 7.79. The van der Waals surface area contributed by atoms with Crippen LogP contribution in [0.3, 0.4) is 0 Å². The van der Waals surface area contributed by atoms with Gasteiger partial charge >= 0.3 is 6.09 Å². The van der Waals surface area contributed by atoms with Crippen molar-refractivity contribution in [2.75, 3.05) is 13.1 Å². The van der Waals surface area contributed by atoms with Crippen molar-refractivity contribution in [3.63, 3.8) is 0 Å². The highest BCUT2D eigenvalue weighted by molar-refractivity contribution is 6.30. The van der Waals surface area contributed by atoms with Crippen molar-refractivity contribution in [3.05, 3.63) is 86.8 Å². The molecule has 1 fully saturated rings. The van der Waals surface area contributed by atoms with Gasteiger partial charge < -0.3 is 14.6 Å². The van der Waals surface area contributed by atoms with Gasteiger partial charge in [0.15, 0.2) is 0 Å². The van der Waals surface area contributed by atoms with Crippen LogP contribution in [0.1, 0.15) is 61.8 Å². The van der Waals surface area contributed by atoms with E-state index in [0.29, 0.717) is 35.9 Å². The predicted octanol–water partition coefficient (Wildman–Crippen LogP) is 5.51. The van der Waals surface area contributed by atoms with E-state index in [1.165, 1.54) is 4.90 Å². The lowest BCUT2D eigenvalue weighted by molar-refractivity contribution is -0.137. The molecule has 5 rings (SSSR count). The zero-order valence-corrected chi connectivity index (χ0v) is 22.8. The molecule has 2 atom stereocenters. The zero-order valence-electron chi connectivity index (χ0n) is 22.1. The molecule has 0 saturated carbocycles. The van der Waals surface area contributed by atoms with E-state index < -0.39 is 12.1 Å². The molecule has 2 aromatic carbocycles. The summed E-state index contributed by atoms with van der Waals surface area (Å²) in [5.41, 5.74) is 2.71. The normalized spacial score (nSPS) is 18.6. The summed E-state index contributed by atoms with van der Waals surface area (Å²) in [5, 5.41) is 0.610. The molecule has 39 heavy (non-hydrogen) atoms. The second-order valence-corrected chi connectivity index (χ2v) is 10.7. The van der Waals surface area contributed by atoms with Crippen molar-refractivity contribution in [2.45, 2.75) is 64.1 Å². The van der Waals surface area contributed by atoms with Gasteiger partial charge in [-0.25, -0.2) is 9.78 Å². The molecule has 2 amide bonds. The molecule has 2 aliphatic rings. The minimum atomic E-state index is -0.595. The Hall–Kier alpha value is -3.65. The maximum atomic E-state index is 13.8. The molecule has 0 spiro atoms. The molecule has 0 radical (unpaired) electrons. The summed E-state index contributed by atoms with van der Waals surface area (Å²) in [6.45, 7) is 3.38. The summed E-state index contributed by atoms with van der Waals surface area (Å²) in [5.74, 6) is 0.295. The average molecular weight is 549 g/mol. The standard InChI is InChI=1S/C30H33ClN4O4/c1-2-3-10-22-17-34(18-24-26(22)32-27(33-28(24)36)21-12-14-23(31)15-13-21)29(37)25-11-7-16-35(25)30(38)39-19-20-8-5-4-6-9-20/h4-6,8-9,12-15,22,25H,2-3,7,10-11,16-19H2,1H3,(H,32,33,36)/t22?,25-/m0/s1. The van der Waals surface area contributed by atoms with E-state index in [-0.39, 0.29) is 30.5 Å². The van der Waals surface area contributed by atoms with Gasteiger partial charge in [0.05, 0.1) is 17.8 Å². The van der Waals surface area contributed by atoms with Crippen LogP contribution >= 0.6 is 11.6 Å². The number of rotatable bonds is 7. The summed E-state index contributed by atoms with van der Waals surface area (Å²) >= 11 is 6.04. The van der Waals surface area contributed by atoms with Gasteiger partial charge in [-0.3, -0.25) is 14.5 Å². The van der Waals surface area contributed by atoms with Gasteiger partial charge in [0.1, 0.15) is 18.5 Å². The van der Waals surface area contributed by atoms with Crippen LogP contribution in [0.5, 0.6) is 0 Å². The first kappa shape index (κ1) is 26.9. The number of fused-ring (bicyclic) bond motifs is 1. The second-order valence-electron chi connectivity index (χ2n) is 10.2. The molecule has 1 aromatic heterocycles. The number of amides is 2. The molecular formula is C30H33ClN4O4. The van der Waals surface area contributed by atoms with Crippen molar-refractivity contribution < 1.29 is 14.3 Å². The number of unbranched alkanes of at least 4 members (excludes halogenated alkanes) is 1. The number of nitrogens with one attached hydrogen (secondary N) is 1. The Morgan fingerprint density at radius 1 is 1.13 bits per heavy atom. The van der Waals surface area contributed by atoms with Crippen LogP contribution in [0.4, 0.5) is 4.79 Å². The fourth-order valence-corrected chi connectivity index (χ4v) is 5.59. The van der Waals surface area contributed by atoms with Crippen molar-refractivity contribution >= 4 is 23.6 Å². The van der Waals surface area contributed by atoms with E-state index >= 15 is 0 Å². The first-order valence-corrected chi connectivity index (χ1v) is 14.0. The Morgan fingerprint density at radius 2 is 1.90 bits per heavy atom. The number of H-pyrrole nitrogens is 1. The number of hydrogen-bond donors (Lipinski definition) is 1. The number of carbonyl (C=O) groups is 2. The summed E-state index contributed by atoms with van der Waals surface area (Å²) in [6.07, 6.45) is 3.59. The summed E-state index contributed by atoms with van der Waals surface area (Å²) in [4.78, 5) is 51.0. The van der Waals surface area contributed by atoms with Gasteiger partial charge in [0.2, 0.25) is 5.91 Å². The number of benzene rings is 2. The van der Waals surface area contributed by atoms with E-state index in [2.05, 4.69) is 11.9 Å². The van der Waals surface area contributed by atoms with E-state index in [0.717, 1.165) is 42.5 Å². The Balaban J connectivity index is 1.36. The van der Waals surface area contributed by atoms with E-state index in [1.807, 2.05) is 42.5 Å². The van der Waals surface area contributed by atoms with Crippen molar-refractivity contribution in [1.29, 1.82) is 0 Å². The number of nitrogens with zero attached hydrogens (tertiary/aromatic N) is 3. The lowest BCUT2D eigenvalue weighted by Gasteiger charge is -2.36. The molecule has 1 unspecified atom stereocenters. The van der Waals surface area contributed by atoms with E-state index in [4.69, 9.17) is 21.3 Å². The van der Waals surface area contributed by atoms with Crippen LogP contribution in [0, 0.1) is 0 Å². The van der Waals surface area contributed by atoms with Gasteiger partial charge in [0.25, 0.3) is 5.56 Å². The molecule has 3 aromatic rings. The van der Waals surface area contributed by atoms with Gasteiger partial charge in [-0.2, -0.15) is 0 Å². The molecule has 2 aliphatic heterocycles. The van der Waals surface area contributed by atoms with E-state index in [9.17, 15) is 14.4 Å². The number of halogens is 1. The Morgan fingerprint density at radius 3 is 2.64 bits per heavy atom. The van der Waals surface area contributed by atoms with Gasteiger partial charge in [-0.1, -0.05) is 61.7 Å². The maximum absolute atomic E-state index is 13.8. The maximum Gasteiger partial charge on any atom is 0.410 e. The largest absolute Gasteiger partial charge is 0.445 e. The predicted molar refractivity (Wildman–Crippen MR) is 149 cm³/mol. The van der Waals surface area contributed by atoms with Gasteiger partial charge in [0, 0.05) is 29.6 Å². The molecule has 0 bridgehead atoms. The summed E-state index contributed by atoms with van der Waals surface area (Å²) in [7, 11) is 0. The Bertz CT molecular complexity index is 1380. The topological polar surface area (TPSA) is 95.6 Å². The molecule has 3 heterocycles. The quantitative estimate of drug-likeness (QED) is 0.420. The van der Waals surface area contributed by atoms with Crippen LogP contribution in [0.15, 0.2) is 59.4 Å². The smallest absolute Gasteiger partial charge is 0.410 e. The highest BCUT2D eigenvalue weighted by atomic mass is 35.5. The average Bonchev–Trinajstić information content (AvgIpc) is 3.45. The number of hydrogen-bond acceptors (Lipinski definition) is 5.